The Morgan fingerprint density at radius 2 is 2.25 bits per heavy atom. The quantitative estimate of drug-likeness (QED) is 0.465. The van der Waals surface area contributed by atoms with Crippen LogP contribution >= 0.6 is 0 Å². The van der Waals surface area contributed by atoms with Gasteiger partial charge in [-0.2, -0.15) is 0 Å². The van der Waals surface area contributed by atoms with Crippen LogP contribution in [0, 0.1) is 0 Å². The lowest BCUT2D eigenvalue weighted by Crippen LogP contribution is -2.14. The molecule has 0 aromatic carbocycles. The third-order valence-corrected chi connectivity index (χ3v) is 1.51. The normalized spacial score (nSPS) is 22.8. The highest BCUT2D eigenvalue weighted by atomic mass is 14.8. The van der Waals surface area contributed by atoms with Crippen molar-refractivity contribution in [3.8, 4) is 0 Å². The Bertz CT molecular complexity index is 76.4. The van der Waals surface area contributed by atoms with Gasteiger partial charge in [-0.1, -0.05) is 12.2 Å². The minimum atomic E-state index is 1.04. The Morgan fingerprint density at radius 3 is 3.12 bits per heavy atom. The van der Waals surface area contributed by atoms with Gasteiger partial charge in [0, 0.05) is 6.54 Å². The Kier molecular flexibility index (Phi) is 2.10. The van der Waals surface area contributed by atoms with Gasteiger partial charge >= 0.3 is 0 Å². The van der Waals surface area contributed by atoms with Crippen LogP contribution in [0.25, 0.3) is 0 Å². The molecule has 1 aliphatic rings. The summed E-state index contributed by atoms with van der Waals surface area (Å²) in [6.07, 6.45) is 3.87. The molecular formula is C7H13N. The van der Waals surface area contributed by atoms with Crippen molar-refractivity contribution in [2.24, 2.45) is 0 Å². The minimum Gasteiger partial charge on any atom is -0.313 e. The number of hydrogen-bond acceptors (Lipinski definition) is 1. The third-order valence-electron chi connectivity index (χ3n) is 1.51. The van der Waals surface area contributed by atoms with Crippen molar-refractivity contribution >= 4 is 0 Å². The van der Waals surface area contributed by atoms with E-state index in [-0.39, 0.29) is 0 Å². The zero-order valence-electron chi connectivity index (χ0n) is 5.24. The summed E-state index contributed by atoms with van der Waals surface area (Å²) in [6.45, 7) is 6.13. The summed E-state index contributed by atoms with van der Waals surface area (Å²) >= 11 is 0. The first kappa shape index (κ1) is 5.83. The Hall–Kier alpha value is -0.300. The molecule has 1 heterocycles. The molecule has 0 aromatic heterocycles. The molecule has 0 aliphatic carbocycles. The predicted molar refractivity (Wildman–Crippen MR) is 35.9 cm³/mol. The maximum absolute atomic E-state index is 3.91. The molecular weight excluding hydrogens is 98.1 g/mol. The second kappa shape index (κ2) is 2.88. The smallest absolute Gasteiger partial charge is 0.0161 e. The highest BCUT2D eigenvalue weighted by Gasteiger charge is 1.98. The fourth-order valence-electron chi connectivity index (χ4n) is 0.979. The van der Waals surface area contributed by atoms with Crippen molar-refractivity contribution in [1.29, 1.82) is 0 Å². The van der Waals surface area contributed by atoms with Crippen LogP contribution in [0.5, 0.6) is 0 Å². The van der Waals surface area contributed by atoms with Crippen LogP contribution in [-0.2, 0) is 0 Å². The van der Waals surface area contributed by atoms with Gasteiger partial charge < -0.3 is 5.32 Å². The van der Waals surface area contributed by atoms with Gasteiger partial charge in [0.1, 0.15) is 0 Å². The summed E-state index contributed by atoms with van der Waals surface area (Å²) in [5.74, 6) is 0. The maximum Gasteiger partial charge on any atom is 0.0161 e. The second-order valence-electron chi connectivity index (χ2n) is 2.38. The van der Waals surface area contributed by atoms with Gasteiger partial charge in [-0.3, -0.25) is 0 Å². The Balaban J connectivity index is 2.27. The fourth-order valence-corrected chi connectivity index (χ4v) is 0.979. The first-order valence-electron chi connectivity index (χ1n) is 3.27. The zero-order chi connectivity index (χ0) is 5.82. The van der Waals surface area contributed by atoms with E-state index < -0.39 is 0 Å². The van der Waals surface area contributed by atoms with Gasteiger partial charge in [0.25, 0.3) is 0 Å². The number of hydrogen-bond donors (Lipinski definition) is 1. The van der Waals surface area contributed by atoms with Crippen molar-refractivity contribution in [2.45, 2.75) is 19.3 Å². The first-order chi connectivity index (χ1) is 3.89. The first-order valence-corrected chi connectivity index (χ1v) is 3.27. The van der Waals surface area contributed by atoms with E-state index in [1.807, 2.05) is 0 Å². The van der Waals surface area contributed by atoms with Gasteiger partial charge in [-0.15, -0.1) is 0 Å². The molecule has 1 fully saturated rings. The molecule has 0 radical (unpaired) electrons. The molecule has 0 saturated carbocycles. The molecule has 1 nitrogen and oxygen atoms in total. The summed E-state index contributed by atoms with van der Waals surface area (Å²) in [7, 11) is 0. The average Bonchev–Trinajstić information content (AvgIpc) is 1.94. The van der Waals surface area contributed by atoms with E-state index in [4.69, 9.17) is 0 Å². The van der Waals surface area contributed by atoms with Crippen LogP contribution < -0.4 is 5.32 Å². The molecule has 1 aliphatic heterocycles. The van der Waals surface area contributed by atoms with Crippen LogP contribution in [0.1, 0.15) is 19.3 Å². The second-order valence-corrected chi connectivity index (χ2v) is 2.38. The van der Waals surface area contributed by atoms with E-state index >= 15 is 0 Å². The maximum atomic E-state index is 3.91. The van der Waals surface area contributed by atoms with E-state index in [1.165, 1.54) is 31.4 Å². The molecule has 0 bridgehead atoms. The lowest BCUT2D eigenvalue weighted by atomic mass is 10.2. The van der Waals surface area contributed by atoms with Crippen molar-refractivity contribution in [3.05, 3.63) is 12.2 Å². The molecule has 46 valence electrons. The average molecular weight is 111 g/mol. The van der Waals surface area contributed by atoms with Crippen molar-refractivity contribution < 1.29 is 0 Å². The summed E-state index contributed by atoms with van der Waals surface area (Å²) in [6, 6.07) is 0. The Labute approximate surface area is 50.8 Å². The largest absolute Gasteiger partial charge is 0.313 e. The molecule has 0 spiro atoms. The highest BCUT2D eigenvalue weighted by Crippen LogP contribution is 2.06. The molecule has 1 rings (SSSR count). The van der Waals surface area contributed by atoms with E-state index in [2.05, 4.69) is 11.9 Å². The molecule has 1 heteroatoms. The molecule has 0 atom stereocenters. The monoisotopic (exact) mass is 111 g/mol. The van der Waals surface area contributed by atoms with Crippen molar-refractivity contribution in [2.75, 3.05) is 13.1 Å². The molecule has 0 amide bonds. The minimum absolute atomic E-state index is 1.04. The van der Waals surface area contributed by atoms with Crippen molar-refractivity contribution in [3.63, 3.8) is 0 Å². The summed E-state index contributed by atoms with van der Waals surface area (Å²) < 4.78 is 0. The summed E-state index contributed by atoms with van der Waals surface area (Å²) in [5, 5.41) is 3.30. The van der Waals surface area contributed by atoms with E-state index in [0.717, 1.165) is 6.54 Å². The number of rotatable bonds is 0. The molecule has 1 saturated heterocycles. The lowest BCUT2D eigenvalue weighted by Gasteiger charge is -1.96. The van der Waals surface area contributed by atoms with E-state index in [9.17, 15) is 0 Å². The topological polar surface area (TPSA) is 12.0 Å². The SMILES string of the molecule is C=C1CCCCNC1. The zero-order valence-corrected chi connectivity index (χ0v) is 5.24. The van der Waals surface area contributed by atoms with Gasteiger partial charge in [-0.05, 0) is 25.8 Å². The van der Waals surface area contributed by atoms with Crippen LogP contribution in [0.3, 0.4) is 0 Å². The van der Waals surface area contributed by atoms with E-state index in [0.29, 0.717) is 0 Å². The molecule has 0 unspecified atom stereocenters. The molecule has 8 heavy (non-hydrogen) atoms. The van der Waals surface area contributed by atoms with Gasteiger partial charge in [0.2, 0.25) is 0 Å². The standard InChI is InChI=1S/C7H13N/c1-7-4-2-3-5-8-6-7/h8H,1-6H2. The molecule has 1 N–H and O–H groups in total. The van der Waals surface area contributed by atoms with Gasteiger partial charge in [0.05, 0.1) is 0 Å². The third kappa shape index (κ3) is 1.66. The van der Waals surface area contributed by atoms with Crippen LogP contribution in [0.2, 0.25) is 0 Å². The van der Waals surface area contributed by atoms with Crippen LogP contribution in [0.15, 0.2) is 12.2 Å². The predicted octanol–water partition coefficient (Wildman–Crippen LogP) is 1.32. The highest BCUT2D eigenvalue weighted by molar-refractivity contribution is 4.97. The van der Waals surface area contributed by atoms with Gasteiger partial charge in [0.15, 0.2) is 0 Å². The van der Waals surface area contributed by atoms with Gasteiger partial charge in [-0.25, -0.2) is 0 Å². The van der Waals surface area contributed by atoms with E-state index in [1.54, 1.807) is 0 Å². The van der Waals surface area contributed by atoms with Crippen molar-refractivity contribution in [1.82, 2.24) is 5.32 Å². The summed E-state index contributed by atoms with van der Waals surface area (Å²) in [5.41, 5.74) is 1.36. The van der Waals surface area contributed by atoms with Crippen LogP contribution in [-0.4, -0.2) is 13.1 Å². The fraction of sp³-hybridized carbons (Fsp3) is 0.714. The number of nitrogens with one attached hydrogen (secondary N) is 1. The molecule has 0 aromatic rings. The Morgan fingerprint density at radius 1 is 1.38 bits per heavy atom. The van der Waals surface area contributed by atoms with Crippen LogP contribution in [0.4, 0.5) is 0 Å². The summed E-state index contributed by atoms with van der Waals surface area (Å²) in [4.78, 5) is 0. The lowest BCUT2D eigenvalue weighted by molar-refractivity contribution is 0.710.